The first-order valence-corrected chi connectivity index (χ1v) is 10.6. The first-order valence-electron chi connectivity index (χ1n) is 9.80. The molecule has 30 heavy (non-hydrogen) atoms. The third kappa shape index (κ3) is 6.29. The van der Waals surface area contributed by atoms with Crippen LogP contribution in [0.2, 0.25) is 0 Å². The molecule has 6 nitrogen and oxygen atoms in total. The molecule has 2 aromatic carbocycles. The number of carbonyl (C=O) groups is 2. The Kier molecular flexibility index (Phi) is 7.41. The van der Waals surface area contributed by atoms with Crippen LogP contribution in [0, 0.1) is 13.8 Å². The quantitative estimate of drug-likeness (QED) is 0.528. The van der Waals surface area contributed by atoms with E-state index in [0.717, 1.165) is 27.0 Å². The average molecular weight is 469 g/mol. The summed E-state index contributed by atoms with van der Waals surface area (Å²) in [5.41, 5.74) is 4.86. The van der Waals surface area contributed by atoms with E-state index in [1.165, 1.54) is 0 Å². The number of hydrogen-bond acceptors (Lipinski definition) is 3. The molecule has 0 bridgehead atoms. The third-order valence-electron chi connectivity index (χ3n) is 4.66. The lowest BCUT2D eigenvalue weighted by Crippen LogP contribution is -2.30. The Labute approximate surface area is 184 Å². The van der Waals surface area contributed by atoms with Crippen molar-refractivity contribution in [2.24, 2.45) is 0 Å². The summed E-state index contributed by atoms with van der Waals surface area (Å²) in [6.45, 7) is 5.46. The highest BCUT2D eigenvalue weighted by atomic mass is 79.9. The molecule has 3 aromatic rings. The van der Waals surface area contributed by atoms with Gasteiger partial charge < -0.3 is 10.6 Å². The van der Waals surface area contributed by atoms with Gasteiger partial charge in [0.05, 0.1) is 12.2 Å². The molecule has 7 heteroatoms. The lowest BCUT2D eigenvalue weighted by atomic mass is 10.1. The van der Waals surface area contributed by atoms with Gasteiger partial charge >= 0.3 is 0 Å². The zero-order valence-electron chi connectivity index (χ0n) is 17.1. The van der Waals surface area contributed by atoms with Crippen LogP contribution in [-0.4, -0.2) is 28.1 Å². The van der Waals surface area contributed by atoms with Crippen LogP contribution in [0.5, 0.6) is 0 Å². The lowest BCUT2D eigenvalue weighted by molar-refractivity contribution is -0.121. The first kappa shape index (κ1) is 21.8. The Bertz CT molecular complexity index is 1030. The Morgan fingerprint density at radius 1 is 1.00 bits per heavy atom. The van der Waals surface area contributed by atoms with Gasteiger partial charge in [0.25, 0.3) is 5.91 Å². The van der Waals surface area contributed by atoms with Crippen molar-refractivity contribution in [1.29, 1.82) is 0 Å². The molecule has 0 aliphatic carbocycles. The van der Waals surface area contributed by atoms with Crippen molar-refractivity contribution in [3.8, 4) is 0 Å². The van der Waals surface area contributed by atoms with Gasteiger partial charge in [-0.25, -0.2) is 0 Å². The summed E-state index contributed by atoms with van der Waals surface area (Å²) in [6.07, 6.45) is 0.230. The van der Waals surface area contributed by atoms with Gasteiger partial charge in [0.1, 0.15) is 0 Å². The van der Waals surface area contributed by atoms with Crippen molar-refractivity contribution in [2.75, 3.05) is 6.54 Å². The Balaban J connectivity index is 1.43. The minimum absolute atomic E-state index is 0.102. The molecule has 0 spiro atoms. The van der Waals surface area contributed by atoms with Crippen molar-refractivity contribution in [3.63, 3.8) is 0 Å². The van der Waals surface area contributed by atoms with Crippen LogP contribution in [0.1, 0.15) is 39.3 Å². The molecule has 3 rings (SSSR count). The molecule has 2 amide bonds. The van der Waals surface area contributed by atoms with E-state index in [1.807, 2.05) is 42.8 Å². The second-order valence-electron chi connectivity index (χ2n) is 7.19. The molecule has 0 radical (unpaired) electrons. The number of aromatic nitrogens is 2. The fourth-order valence-electron chi connectivity index (χ4n) is 3.13. The van der Waals surface area contributed by atoms with Crippen molar-refractivity contribution >= 4 is 27.7 Å². The van der Waals surface area contributed by atoms with Gasteiger partial charge in [-0.2, -0.15) is 5.10 Å². The maximum atomic E-state index is 12.1. The average Bonchev–Trinajstić information content (AvgIpc) is 3.04. The molecule has 0 saturated carbocycles. The molecule has 1 heterocycles. The summed E-state index contributed by atoms with van der Waals surface area (Å²) in [7, 11) is 0. The minimum Gasteiger partial charge on any atom is -0.352 e. The Morgan fingerprint density at radius 2 is 1.73 bits per heavy atom. The minimum atomic E-state index is -0.188. The molecule has 2 N–H and O–H groups in total. The Hall–Kier alpha value is -2.93. The fraction of sp³-hybridized carbons (Fsp3) is 0.261. The van der Waals surface area contributed by atoms with E-state index < -0.39 is 0 Å². The number of carbonyl (C=O) groups excluding carboxylic acids is 2. The van der Waals surface area contributed by atoms with E-state index >= 15 is 0 Å². The standard InChI is InChI=1S/C23H25BrN4O2/c1-16-12-17(2)28(27-16)15-19-5-3-4-18(13-19)14-26-22(29)10-11-25-23(30)20-6-8-21(24)9-7-20/h3-9,12-13H,10-11,14-15H2,1-2H3,(H,25,30)(H,26,29). The van der Waals surface area contributed by atoms with Crippen molar-refractivity contribution in [2.45, 2.75) is 33.4 Å². The number of halogens is 1. The molecule has 156 valence electrons. The second-order valence-corrected chi connectivity index (χ2v) is 8.11. The van der Waals surface area contributed by atoms with Crippen LogP contribution < -0.4 is 10.6 Å². The predicted octanol–water partition coefficient (Wildman–Crippen LogP) is 3.75. The van der Waals surface area contributed by atoms with Gasteiger partial charge in [0.2, 0.25) is 5.91 Å². The number of benzene rings is 2. The monoisotopic (exact) mass is 468 g/mol. The van der Waals surface area contributed by atoms with E-state index in [0.29, 0.717) is 25.2 Å². The van der Waals surface area contributed by atoms with Crippen LogP contribution in [-0.2, 0) is 17.9 Å². The van der Waals surface area contributed by atoms with E-state index in [1.54, 1.807) is 12.1 Å². The van der Waals surface area contributed by atoms with Gasteiger partial charge in [-0.15, -0.1) is 0 Å². The van der Waals surface area contributed by atoms with Crippen molar-refractivity contribution in [3.05, 3.63) is 87.1 Å². The van der Waals surface area contributed by atoms with Crippen LogP contribution in [0.4, 0.5) is 0 Å². The first-order chi connectivity index (χ1) is 14.4. The van der Waals surface area contributed by atoms with E-state index in [4.69, 9.17) is 0 Å². The molecule has 0 atom stereocenters. The van der Waals surface area contributed by atoms with Crippen LogP contribution in [0.3, 0.4) is 0 Å². The third-order valence-corrected chi connectivity index (χ3v) is 5.19. The summed E-state index contributed by atoms with van der Waals surface area (Å²) in [6, 6.07) is 17.2. The maximum absolute atomic E-state index is 12.1. The molecule has 0 aliphatic heterocycles. The molecular formula is C23H25BrN4O2. The van der Waals surface area contributed by atoms with Gasteiger partial charge in [-0.3, -0.25) is 14.3 Å². The van der Waals surface area contributed by atoms with Crippen molar-refractivity contribution in [1.82, 2.24) is 20.4 Å². The maximum Gasteiger partial charge on any atom is 0.251 e. The molecule has 1 aromatic heterocycles. The second kappa shape index (κ2) is 10.2. The largest absolute Gasteiger partial charge is 0.352 e. The van der Waals surface area contributed by atoms with E-state index in [9.17, 15) is 9.59 Å². The highest BCUT2D eigenvalue weighted by Gasteiger charge is 2.07. The zero-order valence-corrected chi connectivity index (χ0v) is 18.7. The van der Waals surface area contributed by atoms with Crippen molar-refractivity contribution < 1.29 is 9.59 Å². The summed E-state index contributed by atoms with van der Waals surface area (Å²) < 4.78 is 2.89. The van der Waals surface area contributed by atoms with Crippen LogP contribution in [0.15, 0.2) is 59.1 Å². The molecule has 0 unspecified atom stereocenters. The number of amides is 2. The SMILES string of the molecule is Cc1cc(C)n(Cc2cccc(CNC(=O)CCNC(=O)c3ccc(Br)cc3)c2)n1. The molecular weight excluding hydrogens is 444 g/mol. The number of rotatable bonds is 8. The number of hydrogen-bond donors (Lipinski definition) is 2. The van der Waals surface area contributed by atoms with Gasteiger partial charge in [0, 0.05) is 35.2 Å². The summed E-state index contributed by atoms with van der Waals surface area (Å²) in [5.74, 6) is -0.290. The number of aryl methyl sites for hydroxylation is 2. The highest BCUT2D eigenvalue weighted by Crippen LogP contribution is 2.11. The lowest BCUT2D eigenvalue weighted by Gasteiger charge is -2.09. The smallest absolute Gasteiger partial charge is 0.251 e. The normalized spacial score (nSPS) is 10.6. The molecule has 0 aliphatic rings. The topological polar surface area (TPSA) is 76.0 Å². The highest BCUT2D eigenvalue weighted by molar-refractivity contribution is 9.10. The summed E-state index contributed by atoms with van der Waals surface area (Å²) in [5, 5.41) is 10.2. The van der Waals surface area contributed by atoms with E-state index in [-0.39, 0.29) is 18.2 Å². The Morgan fingerprint density at radius 3 is 2.43 bits per heavy atom. The van der Waals surface area contributed by atoms with Gasteiger partial charge in [0.15, 0.2) is 0 Å². The predicted molar refractivity (Wildman–Crippen MR) is 120 cm³/mol. The fourth-order valence-corrected chi connectivity index (χ4v) is 3.39. The van der Waals surface area contributed by atoms with Crippen LogP contribution >= 0.6 is 15.9 Å². The molecule has 0 saturated heterocycles. The summed E-state index contributed by atoms with van der Waals surface area (Å²) in [4.78, 5) is 24.2. The molecule has 0 fully saturated rings. The van der Waals surface area contributed by atoms with E-state index in [2.05, 4.69) is 49.9 Å². The number of nitrogens with one attached hydrogen (secondary N) is 2. The number of nitrogens with zero attached hydrogens (tertiary/aromatic N) is 2. The van der Waals surface area contributed by atoms with Crippen LogP contribution in [0.25, 0.3) is 0 Å². The zero-order chi connectivity index (χ0) is 21.5. The van der Waals surface area contributed by atoms with Gasteiger partial charge in [-0.05, 0) is 55.3 Å². The van der Waals surface area contributed by atoms with Gasteiger partial charge in [-0.1, -0.05) is 40.2 Å². The summed E-state index contributed by atoms with van der Waals surface area (Å²) >= 11 is 3.34.